The molecule has 2 N–H and O–H groups in total. The largest absolute Gasteiger partial charge is 0.489 e. The van der Waals surface area contributed by atoms with Crippen LogP contribution in [0.25, 0.3) is 32.8 Å². The number of fused-ring (bicyclic) bond motifs is 2. The maximum absolute atomic E-state index is 12.5. The number of hydrogen-bond acceptors (Lipinski definition) is 7. The number of rotatable bonds is 11. The zero-order chi connectivity index (χ0) is 28.9. The Morgan fingerprint density at radius 2 is 1.93 bits per heavy atom. The van der Waals surface area contributed by atoms with Crippen LogP contribution < -0.4 is 10.5 Å². The van der Waals surface area contributed by atoms with Gasteiger partial charge in [0.1, 0.15) is 18.2 Å². The van der Waals surface area contributed by atoms with Crippen LogP contribution in [-0.4, -0.2) is 49.1 Å². The van der Waals surface area contributed by atoms with Crippen LogP contribution in [-0.2, 0) is 32.0 Å². The van der Waals surface area contributed by atoms with Crippen LogP contribution in [0, 0.1) is 0 Å². The number of ether oxygens (including phenoxy) is 4. The van der Waals surface area contributed by atoms with Gasteiger partial charge < -0.3 is 29.2 Å². The Balaban J connectivity index is 1.31. The number of para-hydroxylation sites is 1. The predicted octanol–water partition coefficient (Wildman–Crippen LogP) is 6.10. The molecule has 0 amide bonds. The first-order chi connectivity index (χ1) is 20.6. The molecule has 1 aliphatic heterocycles. The molecule has 42 heavy (non-hydrogen) atoms. The van der Waals surface area contributed by atoms with Crippen LogP contribution in [0.2, 0.25) is 0 Å². The number of nitrogens with zero attached hydrogens (tertiary/aromatic N) is 2. The van der Waals surface area contributed by atoms with E-state index in [0.717, 1.165) is 57.0 Å². The van der Waals surface area contributed by atoms with E-state index in [4.69, 9.17) is 24.7 Å². The van der Waals surface area contributed by atoms with Gasteiger partial charge in [-0.3, -0.25) is 4.79 Å². The van der Waals surface area contributed by atoms with Gasteiger partial charge in [-0.25, -0.2) is 4.98 Å². The quantitative estimate of drug-likeness (QED) is 0.153. The Morgan fingerprint density at radius 1 is 1.02 bits per heavy atom. The van der Waals surface area contributed by atoms with Crippen molar-refractivity contribution >= 4 is 33.5 Å². The standard InChI is InChI=1S/C34H35N3O5/c1-39-15-5-16-41-33(38)19-24-6-2-3-9-32(24)42-21-25-20-37(26-13-17-40-22-26)31-11-10-23(18-30(25)31)27-7-4-8-29-28(27)12-14-36-34(29)35/h2-4,6-12,14,18,20,26H,5,13,15-17,19,21-22H2,1H3,(H2,35,36). The van der Waals surface area contributed by atoms with Crippen molar-refractivity contribution in [1.29, 1.82) is 0 Å². The Labute approximate surface area is 245 Å². The van der Waals surface area contributed by atoms with Crippen LogP contribution in [0.15, 0.2) is 79.1 Å². The molecule has 0 aliphatic carbocycles. The molecule has 1 aliphatic rings. The van der Waals surface area contributed by atoms with E-state index >= 15 is 0 Å². The molecule has 1 atom stereocenters. The highest BCUT2D eigenvalue weighted by molar-refractivity contribution is 6.02. The number of methoxy groups -OCH3 is 1. The molecule has 216 valence electrons. The summed E-state index contributed by atoms with van der Waals surface area (Å²) in [6.07, 6.45) is 5.72. The van der Waals surface area contributed by atoms with E-state index in [0.29, 0.717) is 44.4 Å². The average molecular weight is 566 g/mol. The number of nitrogen functional groups attached to an aromatic ring is 1. The zero-order valence-corrected chi connectivity index (χ0v) is 23.8. The van der Waals surface area contributed by atoms with E-state index in [2.05, 4.69) is 40.0 Å². The van der Waals surface area contributed by atoms with Gasteiger partial charge in [0.05, 0.1) is 25.7 Å². The smallest absolute Gasteiger partial charge is 0.310 e. The van der Waals surface area contributed by atoms with Crippen LogP contribution >= 0.6 is 0 Å². The van der Waals surface area contributed by atoms with Crippen molar-refractivity contribution < 1.29 is 23.7 Å². The van der Waals surface area contributed by atoms with Crippen LogP contribution in [0.3, 0.4) is 0 Å². The highest BCUT2D eigenvalue weighted by Gasteiger charge is 2.22. The fourth-order valence-electron chi connectivity index (χ4n) is 5.67. The van der Waals surface area contributed by atoms with Crippen molar-refractivity contribution in [3.05, 3.63) is 90.3 Å². The number of hydrogen-bond donors (Lipinski definition) is 1. The first-order valence-electron chi connectivity index (χ1n) is 14.3. The molecule has 1 unspecified atom stereocenters. The molecule has 0 saturated carbocycles. The third-order valence-electron chi connectivity index (χ3n) is 7.81. The molecular formula is C34H35N3O5. The minimum absolute atomic E-state index is 0.146. The second-order valence-corrected chi connectivity index (χ2v) is 10.5. The van der Waals surface area contributed by atoms with Crippen molar-refractivity contribution in [3.8, 4) is 16.9 Å². The number of carbonyl (C=O) groups is 1. The van der Waals surface area contributed by atoms with Gasteiger partial charge in [-0.05, 0) is 47.2 Å². The number of aromatic nitrogens is 2. The predicted molar refractivity (Wildman–Crippen MR) is 163 cm³/mol. The molecule has 8 nitrogen and oxygen atoms in total. The van der Waals surface area contributed by atoms with E-state index in [-0.39, 0.29) is 18.4 Å². The fraction of sp³-hybridized carbons (Fsp3) is 0.294. The van der Waals surface area contributed by atoms with Crippen LogP contribution in [0.4, 0.5) is 5.82 Å². The SMILES string of the molecule is COCCCOC(=O)Cc1ccccc1OCc1cn(C2CCOC2)c2ccc(-c3cccc4c(N)nccc34)cc12. The summed E-state index contributed by atoms with van der Waals surface area (Å²) in [7, 11) is 1.63. The third kappa shape index (κ3) is 5.82. The topological polar surface area (TPSA) is 97.8 Å². The molecule has 3 aromatic carbocycles. The van der Waals surface area contributed by atoms with E-state index in [1.54, 1.807) is 13.3 Å². The Bertz CT molecular complexity index is 1710. The molecule has 2 aromatic heterocycles. The molecule has 8 heteroatoms. The summed E-state index contributed by atoms with van der Waals surface area (Å²) < 4.78 is 24.8. The molecular weight excluding hydrogens is 530 g/mol. The van der Waals surface area contributed by atoms with Gasteiger partial charge in [-0.15, -0.1) is 0 Å². The molecule has 0 spiro atoms. The summed E-state index contributed by atoms with van der Waals surface area (Å²) in [6, 6.07) is 22.6. The van der Waals surface area contributed by atoms with Crippen molar-refractivity contribution in [3.63, 3.8) is 0 Å². The molecule has 3 heterocycles. The van der Waals surface area contributed by atoms with Crippen molar-refractivity contribution in [2.24, 2.45) is 0 Å². The lowest BCUT2D eigenvalue weighted by Gasteiger charge is -2.13. The average Bonchev–Trinajstić information content (AvgIpc) is 3.67. The van der Waals surface area contributed by atoms with Gasteiger partial charge in [-0.1, -0.05) is 42.5 Å². The van der Waals surface area contributed by atoms with E-state index in [9.17, 15) is 4.79 Å². The summed E-state index contributed by atoms with van der Waals surface area (Å²) in [5.41, 5.74) is 11.4. The Morgan fingerprint density at radius 3 is 2.79 bits per heavy atom. The monoisotopic (exact) mass is 565 g/mol. The minimum Gasteiger partial charge on any atom is -0.489 e. The molecule has 1 fully saturated rings. The van der Waals surface area contributed by atoms with Gasteiger partial charge >= 0.3 is 5.97 Å². The maximum Gasteiger partial charge on any atom is 0.310 e. The van der Waals surface area contributed by atoms with Crippen LogP contribution in [0.5, 0.6) is 5.75 Å². The molecule has 0 radical (unpaired) electrons. The summed E-state index contributed by atoms with van der Waals surface area (Å²) in [5.74, 6) is 0.912. The highest BCUT2D eigenvalue weighted by atomic mass is 16.5. The van der Waals surface area contributed by atoms with Gasteiger partial charge in [0.2, 0.25) is 0 Å². The van der Waals surface area contributed by atoms with E-state index < -0.39 is 0 Å². The normalized spacial score (nSPS) is 14.9. The van der Waals surface area contributed by atoms with Crippen molar-refractivity contribution in [2.75, 3.05) is 39.3 Å². The van der Waals surface area contributed by atoms with Crippen molar-refractivity contribution in [2.45, 2.75) is 31.9 Å². The lowest BCUT2D eigenvalue weighted by molar-refractivity contribution is -0.143. The van der Waals surface area contributed by atoms with Gasteiger partial charge in [-0.2, -0.15) is 0 Å². The van der Waals surface area contributed by atoms with Gasteiger partial charge in [0.25, 0.3) is 0 Å². The van der Waals surface area contributed by atoms with E-state index in [1.165, 1.54) is 0 Å². The number of benzene rings is 3. The van der Waals surface area contributed by atoms with Gasteiger partial charge in [0.15, 0.2) is 0 Å². The van der Waals surface area contributed by atoms with Crippen molar-refractivity contribution in [1.82, 2.24) is 9.55 Å². The van der Waals surface area contributed by atoms with Crippen LogP contribution in [0.1, 0.15) is 30.0 Å². The van der Waals surface area contributed by atoms with Gasteiger partial charge in [0, 0.05) is 66.6 Å². The summed E-state index contributed by atoms with van der Waals surface area (Å²) in [6.45, 7) is 2.70. The summed E-state index contributed by atoms with van der Waals surface area (Å²) >= 11 is 0. The third-order valence-corrected chi connectivity index (χ3v) is 7.81. The number of pyridine rings is 1. The van der Waals surface area contributed by atoms with E-state index in [1.807, 2.05) is 42.5 Å². The zero-order valence-electron chi connectivity index (χ0n) is 23.8. The lowest BCUT2D eigenvalue weighted by atomic mass is 9.97. The molecule has 5 aromatic rings. The minimum atomic E-state index is -0.282. The second kappa shape index (κ2) is 12.6. The number of carbonyl (C=O) groups excluding carboxylic acids is 1. The summed E-state index contributed by atoms with van der Waals surface area (Å²) in [4.78, 5) is 16.7. The Kier molecular flexibility index (Phi) is 8.35. The maximum atomic E-state index is 12.5. The second-order valence-electron chi connectivity index (χ2n) is 10.5. The summed E-state index contributed by atoms with van der Waals surface area (Å²) in [5, 5.41) is 3.12. The first-order valence-corrected chi connectivity index (χ1v) is 14.3. The first kappa shape index (κ1) is 27.8. The Hall–Kier alpha value is -4.40. The molecule has 0 bridgehead atoms. The number of nitrogens with two attached hydrogens (primary N) is 1. The number of anilines is 1. The molecule has 1 saturated heterocycles. The molecule has 6 rings (SSSR count). The lowest BCUT2D eigenvalue weighted by Crippen LogP contribution is -2.11. The number of esters is 1. The highest BCUT2D eigenvalue weighted by Crippen LogP contribution is 2.36. The fourth-order valence-corrected chi connectivity index (χ4v) is 5.67.